The lowest BCUT2D eigenvalue weighted by Crippen LogP contribution is -2.25. The lowest BCUT2D eigenvalue weighted by Gasteiger charge is -2.15. The van der Waals surface area contributed by atoms with Crippen LogP contribution < -0.4 is 10.6 Å². The Kier molecular flexibility index (Phi) is 3.10. The molecule has 0 saturated carbocycles. The maximum Gasteiger partial charge on any atom is 0.298 e. The Morgan fingerprint density at radius 3 is 2.88 bits per heavy atom. The molecule has 0 amide bonds. The Labute approximate surface area is 95.1 Å². The number of hydrogen-bond acceptors (Lipinski definition) is 4. The topological polar surface area (TPSA) is 55.3 Å². The van der Waals surface area contributed by atoms with Crippen molar-refractivity contribution in [3.05, 3.63) is 24.3 Å². The summed E-state index contributed by atoms with van der Waals surface area (Å²) in [7, 11) is 1.97. The van der Waals surface area contributed by atoms with Crippen molar-refractivity contribution in [2.24, 2.45) is 5.73 Å². The molecule has 1 unspecified atom stereocenters. The number of aromatic nitrogens is 1. The molecule has 16 heavy (non-hydrogen) atoms. The van der Waals surface area contributed by atoms with Crippen molar-refractivity contribution >= 4 is 17.1 Å². The number of para-hydroxylation sites is 2. The van der Waals surface area contributed by atoms with Crippen LogP contribution in [-0.4, -0.2) is 24.6 Å². The lowest BCUT2D eigenvalue weighted by molar-refractivity contribution is 0.565. The highest BCUT2D eigenvalue weighted by Gasteiger charge is 2.09. The van der Waals surface area contributed by atoms with E-state index < -0.39 is 0 Å². The molecule has 1 atom stereocenters. The summed E-state index contributed by atoms with van der Waals surface area (Å²) in [6, 6.07) is 8.62. The third kappa shape index (κ3) is 2.33. The summed E-state index contributed by atoms with van der Waals surface area (Å²) < 4.78 is 5.64. The zero-order chi connectivity index (χ0) is 11.5. The van der Waals surface area contributed by atoms with E-state index in [9.17, 15) is 0 Å². The zero-order valence-electron chi connectivity index (χ0n) is 9.68. The molecule has 86 valence electrons. The second-order valence-corrected chi connectivity index (χ2v) is 4.15. The van der Waals surface area contributed by atoms with Crippen molar-refractivity contribution in [2.75, 3.05) is 18.5 Å². The fraction of sp³-hybridized carbons (Fsp3) is 0.417. The predicted octanol–water partition coefficient (Wildman–Crippen LogP) is 2.00. The van der Waals surface area contributed by atoms with Crippen molar-refractivity contribution in [2.45, 2.75) is 19.4 Å². The molecule has 0 aliphatic rings. The summed E-state index contributed by atoms with van der Waals surface area (Å²) in [5.41, 5.74) is 7.43. The van der Waals surface area contributed by atoms with Gasteiger partial charge in [0.05, 0.1) is 0 Å². The standard InChI is InChI=1S/C12H17N3O/c1-9(13)7-8-15(2)12-14-10-5-3-4-6-11(10)16-12/h3-6,9H,7-8,13H2,1-2H3. The monoisotopic (exact) mass is 219 g/mol. The van der Waals surface area contributed by atoms with Crippen LogP contribution in [0, 0.1) is 0 Å². The maximum absolute atomic E-state index is 5.72. The molecule has 1 aromatic heterocycles. The summed E-state index contributed by atoms with van der Waals surface area (Å²) in [6.07, 6.45) is 0.926. The average molecular weight is 219 g/mol. The molecular formula is C12H17N3O. The van der Waals surface area contributed by atoms with Crippen LogP contribution in [0.4, 0.5) is 6.01 Å². The van der Waals surface area contributed by atoms with Gasteiger partial charge in [0.15, 0.2) is 5.58 Å². The minimum Gasteiger partial charge on any atom is -0.423 e. The minimum atomic E-state index is 0.201. The number of anilines is 1. The van der Waals surface area contributed by atoms with Gasteiger partial charge in [-0.25, -0.2) is 0 Å². The Balaban J connectivity index is 2.13. The highest BCUT2D eigenvalue weighted by Crippen LogP contribution is 2.20. The van der Waals surface area contributed by atoms with Gasteiger partial charge >= 0.3 is 0 Å². The number of oxazole rings is 1. The normalized spacial score (nSPS) is 12.9. The molecule has 2 rings (SSSR count). The molecule has 0 fully saturated rings. The second kappa shape index (κ2) is 4.53. The van der Waals surface area contributed by atoms with Crippen LogP contribution >= 0.6 is 0 Å². The number of rotatable bonds is 4. The fourth-order valence-electron chi connectivity index (χ4n) is 1.52. The van der Waals surface area contributed by atoms with Crippen LogP contribution in [0.3, 0.4) is 0 Å². The molecule has 0 aliphatic heterocycles. The third-order valence-electron chi connectivity index (χ3n) is 2.53. The Morgan fingerprint density at radius 2 is 2.19 bits per heavy atom. The molecule has 2 N–H and O–H groups in total. The first-order valence-electron chi connectivity index (χ1n) is 5.49. The molecule has 1 heterocycles. The van der Waals surface area contributed by atoms with Gasteiger partial charge < -0.3 is 15.1 Å². The van der Waals surface area contributed by atoms with E-state index in [0.29, 0.717) is 6.01 Å². The first-order chi connectivity index (χ1) is 7.66. The first-order valence-corrected chi connectivity index (χ1v) is 5.49. The molecule has 4 nitrogen and oxygen atoms in total. The largest absolute Gasteiger partial charge is 0.423 e. The van der Waals surface area contributed by atoms with Crippen LogP contribution in [-0.2, 0) is 0 Å². The molecule has 2 aromatic rings. The van der Waals surface area contributed by atoms with E-state index in [-0.39, 0.29) is 6.04 Å². The SMILES string of the molecule is CC(N)CCN(C)c1nc2ccccc2o1. The maximum atomic E-state index is 5.72. The molecule has 1 aromatic carbocycles. The summed E-state index contributed by atoms with van der Waals surface area (Å²) in [6.45, 7) is 2.85. The van der Waals surface area contributed by atoms with Gasteiger partial charge in [-0.3, -0.25) is 0 Å². The van der Waals surface area contributed by atoms with Crippen LogP contribution in [0.2, 0.25) is 0 Å². The quantitative estimate of drug-likeness (QED) is 0.854. The minimum absolute atomic E-state index is 0.201. The number of nitrogens with zero attached hydrogens (tertiary/aromatic N) is 2. The molecule has 0 radical (unpaired) electrons. The molecule has 0 saturated heterocycles. The van der Waals surface area contributed by atoms with Gasteiger partial charge in [0.2, 0.25) is 0 Å². The highest BCUT2D eigenvalue weighted by molar-refractivity contribution is 5.74. The predicted molar refractivity (Wildman–Crippen MR) is 65.5 cm³/mol. The highest BCUT2D eigenvalue weighted by atomic mass is 16.4. The molecule has 0 bridgehead atoms. The van der Waals surface area contributed by atoms with E-state index in [2.05, 4.69) is 4.98 Å². The lowest BCUT2D eigenvalue weighted by atomic mass is 10.2. The van der Waals surface area contributed by atoms with Crippen LogP contribution in [0.25, 0.3) is 11.1 Å². The molecule has 4 heteroatoms. The van der Waals surface area contributed by atoms with E-state index in [0.717, 1.165) is 24.1 Å². The summed E-state index contributed by atoms with van der Waals surface area (Å²) >= 11 is 0. The van der Waals surface area contributed by atoms with Gasteiger partial charge in [-0.05, 0) is 25.5 Å². The first kappa shape index (κ1) is 11.0. The van der Waals surface area contributed by atoms with E-state index in [1.807, 2.05) is 43.1 Å². The smallest absolute Gasteiger partial charge is 0.298 e. The average Bonchev–Trinajstić information content (AvgIpc) is 2.69. The van der Waals surface area contributed by atoms with Gasteiger partial charge in [-0.2, -0.15) is 4.98 Å². The summed E-state index contributed by atoms with van der Waals surface area (Å²) in [5, 5.41) is 0. The van der Waals surface area contributed by atoms with Crippen LogP contribution in [0.1, 0.15) is 13.3 Å². The summed E-state index contributed by atoms with van der Waals surface area (Å²) in [5.74, 6) is 0. The molecule has 0 spiro atoms. The van der Waals surface area contributed by atoms with Crippen molar-refractivity contribution in [3.63, 3.8) is 0 Å². The van der Waals surface area contributed by atoms with Gasteiger partial charge in [-0.15, -0.1) is 0 Å². The van der Waals surface area contributed by atoms with Gasteiger partial charge in [-0.1, -0.05) is 12.1 Å². The number of fused-ring (bicyclic) bond motifs is 1. The number of nitrogens with two attached hydrogens (primary N) is 1. The van der Waals surface area contributed by atoms with E-state index in [4.69, 9.17) is 10.2 Å². The second-order valence-electron chi connectivity index (χ2n) is 4.15. The van der Waals surface area contributed by atoms with Crippen molar-refractivity contribution in [1.82, 2.24) is 4.98 Å². The summed E-state index contributed by atoms with van der Waals surface area (Å²) in [4.78, 5) is 6.40. The van der Waals surface area contributed by atoms with Crippen molar-refractivity contribution < 1.29 is 4.42 Å². The number of hydrogen-bond donors (Lipinski definition) is 1. The van der Waals surface area contributed by atoms with Gasteiger partial charge in [0.25, 0.3) is 6.01 Å². The van der Waals surface area contributed by atoms with E-state index >= 15 is 0 Å². The Bertz CT molecular complexity index is 431. The Morgan fingerprint density at radius 1 is 1.44 bits per heavy atom. The Hall–Kier alpha value is -1.55. The van der Waals surface area contributed by atoms with Gasteiger partial charge in [0, 0.05) is 19.6 Å². The van der Waals surface area contributed by atoms with E-state index in [1.54, 1.807) is 0 Å². The van der Waals surface area contributed by atoms with Crippen molar-refractivity contribution in [1.29, 1.82) is 0 Å². The van der Waals surface area contributed by atoms with Gasteiger partial charge in [0.1, 0.15) is 5.52 Å². The van der Waals surface area contributed by atoms with Crippen LogP contribution in [0.5, 0.6) is 0 Å². The fourth-order valence-corrected chi connectivity index (χ4v) is 1.52. The molecular weight excluding hydrogens is 202 g/mol. The molecule has 0 aliphatic carbocycles. The van der Waals surface area contributed by atoms with Crippen molar-refractivity contribution in [3.8, 4) is 0 Å². The third-order valence-corrected chi connectivity index (χ3v) is 2.53. The van der Waals surface area contributed by atoms with Crippen LogP contribution in [0.15, 0.2) is 28.7 Å². The number of benzene rings is 1. The van der Waals surface area contributed by atoms with E-state index in [1.165, 1.54) is 0 Å². The zero-order valence-corrected chi connectivity index (χ0v) is 9.68.